The molecule has 1 heterocycles. The van der Waals surface area contributed by atoms with Crippen LogP contribution in [0.15, 0.2) is 27.2 Å². The van der Waals surface area contributed by atoms with Crippen LogP contribution in [0.3, 0.4) is 0 Å². The van der Waals surface area contributed by atoms with Crippen LogP contribution in [-0.2, 0) is 6.42 Å². The first kappa shape index (κ1) is 13.2. The molecule has 0 amide bonds. The lowest BCUT2D eigenvalue weighted by Gasteiger charge is -1.99. The zero-order valence-electron chi connectivity index (χ0n) is 10.4. The predicted molar refractivity (Wildman–Crippen MR) is 72.2 cm³/mol. The van der Waals surface area contributed by atoms with Gasteiger partial charge in [-0.3, -0.25) is 0 Å². The molecule has 0 saturated heterocycles. The lowest BCUT2D eigenvalue weighted by Crippen LogP contribution is -2.01. The van der Waals surface area contributed by atoms with E-state index >= 15 is 0 Å². The lowest BCUT2D eigenvalue weighted by atomic mass is 10.1. The maximum atomic E-state index is 9.21. The van der Waals surface area contributed by atoms with E-state index in [1.165, 1.54) is 0 Å². The number of aryl methyl sites for hydroxylation is 2. The van der Waals surface area contributed by atoms with Gasteiger partial charge in [-0.05, 0) is 31.9 Å². The molecule has 18 heavy (non-hydrogen) atoms. The highest BCUT2D eigenvalue weighted by Crippen LogP contribution is 2.23. The van der Waals surface area contributed by atoms with Crippen LogP contribution in [0.25, 0.3) is 11.4 Å². The second kappa shape index (κ2) is 5.63. The summed E-state index contributed by atoms with van der Waals surface area (Å²) in [7, 11) is 0. The average molecular weight is 311 g/mol. The predicted octanol–water partition coefficient (Wildman–Crippen LogP) is 3.12. The lowest BCUT2D eigenvalue weighted by molar-refractivity contribution is 0.180. The maximum absolute atomic E-state index is 9.21. The zero-order valence-corrected chi connectivity index (χ0v) is 11.9. The molecular weight excluding hydrogens is 296 g/mol. The Hall–Kier alpha value is -1.20. The van der Waals surface area contributed by atoms with Gasteiger partial charge < -0.3 is 9.63 Å². The summed E-state index contributed by atoms with van der Waals surface area (Å²) in [5.74, 6) is 1.14. The third kappa shape index (κ3) is 3.17. The Kier molecular flexibility index (Phi) is 4.14. The summed E-state index contributed by atoms with van der Waals surface area (Å²) in [6, 6.07) is 5.94. The van der Waals surface area contributed by atoms with Gasteiger partial charge in [0.25, 0.3) is 0 Å². The van der Waals surface area contributed by atoms with Crippen molar-refractivity contribution in [2.45, 2.75) is 32.8 Å². The van der Waals surface area contributed by atoms with E-state index in [4.69, 9.17) is 4.52 Å². The van der Waals surface area contributed by atoms with Crippen LogP contribution in [0.5, 0.6) is 0 Å². The van der Waals surface area contributed by atoms with Gasteiger partial charge in [-0.1, -0.05) is 33.2 Å². The second-order valence-corrected chi connectivity index (χ2v) is 5.22. The van der Waals surface area contributed by atoms with Gasteiger partial charge in [0.05, 0.1) is 6.10 Å². The molecule has 2 aromatic rings. The monoisotopic (exact) mass is 310 g/mol. The van der Waals surface area contributed by atoms with Gasteiger partial charge in [0.15, 0.2) is 0 Å². The molecule has 0 aliphatic carbocycles. The summed E-state index contributed by atoms with van der Waals surface area (Å²) in [6.45, 7) is 3.77. The molecule has 0 aliphatic heterocycles. The van der Waals surface area contributed by atoms with Gasteiger partial charge in [0, 0.05) is 16.5 Å². The Morgan fingerprint density at radius 2 is 2.22 bits per heavy atom. The van der Waals surface area contributed by atoms with E-state index in [0.29, 0.717) is 24.6 Å². The Morgan fingerprint density at radius 1 is 1.44 bits per heavy atom. The van der Waals surface area contributed by atoms with Crippen LogP contribution in [-0.4, -0.2) is 21.4 Å². The summed E-state index contributed by atoms with van der Waals surface area (Å²) in [5.41, 5.74) is 2.08. The van der Waals surface area contributed by atoms with E-state index in [9.17, 15) is 5.11 Å². The topological polar surface area (TPSA) is 59.2 Å². The molecule has 1 aromatic carbocycles. The third-order valence-corrected chi connectivity index (χ3v) is 3.53. The van der Waals surface area contributed by atoms with Crippen LogP contribution in [0.4, 0.5) is 0 Å². The largest absolute Gasteiger partial charge is 0.393 e. The van der Waals surface area contributed by atoms with Crippen molar-refractivity contribution in [3.63, 3.8) is 0 Å². The third-order valence-electron chi connectivity index (χ3n) is 2.67. The van der Waals surface area contributed by atoms with Crippen molar-refractivity contribution in [1.29, 1.82) is 0 Å². The standard InChI is InChI=1S/C13H15BrN2O2/c1-8-3-5-10(7-11(8)14)13-15-12(18-16-13)6-4-9(2)17/h3,5,7,9,17H,4,6H2,1-2H3. The number of aromatic nitrogens is 2. The average Bonchev–Trinajstić information content (AvgIpc) is 2.79. The number of aliphatic hydroxyl groups excluding tert-OH is 1. The first-order chi connectivity index (χ1) is 8.56. The smallest absolute Gasteiger partial charge is 0.227 e. The summed E-state index contributed by atoms with van der Waals surface area (Å²) >= 11 is 3.48. The van der Waals surface area contributed by atoms with Crippen LogP contribution in [0, 0.1) is 6.92 Å². The van der Waals surface area contributed by atoms with Gasteiger partial charge in [0.1, 0.15) is 0 Å². The van der Waals surface area contributed by atoms with E-state index in [-0.39, 0.29) is 6.10 Å². The van der Waals surface area contributed by atoms with Crippen molar-refractivity contribution in [3.05, 3.63) is 34.1 Å². The Bertz CT molecular complexity index is 538. The van der Waals surface area contributed by atoms with E-state index in [2.05, 4.69) is 26.1 Å². The number of benzene rings is 1. The molecule has 0 radical (unpaired) electrons. The van der Waals surface area contributed by atoms with E-state index in [1.807, 2.05) is 25.1 Å². The molecule has 1 atom stereocenters. The SMILES string of the molecule is Cc1ccc(-c2noc(CCC(C)O)n2)cc1Br. The highest BCUT2D eigenvalue weighted by atomic mass is 79.9. The fraction of sp³-hybridized carbons (Fsp3) is 0.385. The Balaban J connectivity index is 2.16. The van der Waals surface area contributed by atoms with E-state index in [1.54, 1.807) is 6.92 Å². The Labute approximate surface area is 114 Å². The molecule has 0 fully saturated rings. The number of aliphatic hydroxyl groups is 1. The Morgan fingerprint density at radius 3 is 2.89 bits per heavy atom. The summed E-state index contributed by atoms with van der Waals surface area (Å²) in [5, 5.41) is 13.2. The van der Waals surface area contributed by atoms with Crippen LogP contribution in [0.1, 0.15) is 24.8 Å². The molecule has 96 valence electrons. The highest BCUT2D eigenvalue weighted by molar-refractivity contribution is 9.10. The summed E-state index contributed by atoms with van der Waals surface area (Å²) in [4.78, 5) is 4.31. The van der Waals surface area contributed by atoms with Crippen molar-refractivity contribution in [3.8, 4) is 11.4 Å². The first-order valence-electron chi connectivity index (χ1n) is 5.83. The normalized spacial score (nSPS) is 12.7. The summed E-state index contributed by atoms with van der Waals surface area (Å²) < 4.78 is 6.18. The van der Waals surface area contributed by atoms with Crippen molar-refractivity contribution >= 4 is 15.9 Å². The molecule has 0 spiro atoms. The molecule has 0 bridgehead atoms. The van der Waals surface area contributed by atoms with Gasteiger partial charge in [-0.15, -0.1) is 0 Å². The van der Waals surface area contributed by atoms with Crippen molar-refractivity contribution in [2.75, 3.05) is 0 Å². The molecule has 2 rings (SSSR count). The first-order valence-corrected chi connectivity index (χ1v) is 6.62. The second-order valence-electron chi connectivity index (χ2n) is 4.36. The van der Waals surface area contributed by atoms with Crippen LogP contribution < -0.4 is 0 Å². The van der Waals surface area contributed by atoms with Crippen molar-refractivity contribution in [1.82, 2.24) is 10.1 Å². The molecule has 1 N–H and O–H groups in total. The van der Waals surface area contributed by atoms with Crippen LogP contribution >= 0.6 is 15.9 Å². The molecule has 1 aromatic heterocycles. The summed E-state index contributed by atoms with van der Waals surface area (Å²) in [6.07, 6.45) is 0.866. The van der Waals surface area contributed by atoms with Gasteiger partial charge >= 0.3 is 0 Å². The number of halogens is 1. The minimum Gasteiger partial charge on any atom is -0.393 e. The molecule has 5 heteroatoms. The number of nitrogens with zero attached hydrogens (tertiary/aromatic N) is 2. The number of hydrogen-bond acceptors (Lipinski definition) is 4. The molecular formula is C13H15BrN2O2. The number of hydrogen-bond donors (Lipinski definition) is 1. The molecule has 0 saturated carbocycles. The van der Waals surface area contributed by atoms with Gasteiger partial charge in [0.2, 0.25) is 11.7 Å². The van der Waals surface area contributed by atoms with E-state index < -0.39 is 0 Å². The molecule has 0 aliphatic rings. The molecule has 1 unspecified atom stereocenters. The highest BCUT2D eigenvalue weighted by Gasteiger charge is 2.10. The van der Waals surface area contributed by atoms with Crippen molar-refractivity contribution in [2.24, 2.45) is 0 Å². The van der Waals surface area contributed by atoms with Gasteiger partial charge in [-0.25, -0.2) is 0 Å². The maximum Gasteiger partial charge on any atom is 0.227 e. The van der Waals surface area contributed by atoms with Crippen LogP contribution in [0.2, 0.25) is 0 Å². The van der Waals surface area contributed by atoms with Crippen molar-refractivity contribution < 1.29 is 9.63 Å². The minimum absolute atomic E-state index is 0.353. The fourth-order valence-electron chi connectivity index (χ4n) is 1.54. The minimum atomic E-state index is -0.353. The molecule has 4 nitrogen and oxygen atoms in total. The van der Waals surface area contributed by atoms with Gasteiger partial charge in [-0.2, -0.15) is 4.98 Å². The quantitative estimate of drug-likeness (QED) is 0.942. The zero-order chi connectivity index (χ0) is 13.1. The number of rotatable bonds is 4. The fourth-order valence-corrected chi connectivity index (χ4v) is 1.92. The van der Waals surface area contributed by atoms with E-state index in [0.717, 1.165) is 15.6 Å².